The van der Waals surface area contributed by atoms with Gasteiger partial charge in [0.15, 0.2) is 0 Å². The maximum Gasteiger partial charge on any atom is 0.407 e. The SMILES string of the molecule is Cc1cc(N(CC(F)(F)F)S(=O)(=O)C2CC2)c(C2CCN(C(=O)[C@@H]3CN(C4CCOCC4)C[C@H]3c3ccc(F)cc3F)CC2)cc1Cl. The third-order valence-corrected chi connectivity index (χ3v) is 12.8. The van der Waals surface area contributed by atoms with Gasteiger partial charge in [-0.1, -0.05) is 17.7 Å². The first-order valence-corrected chi connectivity index (χ1v) is 18.0. The molecule has 2 atom stereocenters. The van der Waals surface area contributed by atoms with Crippen molar-refractivity contribution < 1.29 is 39.9 Å². The highest BCUT2D eigenvalue weighted by Crippen LogP contribution is 2.44. The Bertz CT molecular complexity index is 1590. The Hall–Kier alpha value is -2.48. The molecule has 7 nitrogen and oxygen atoms in total. The van der Waals surface area contributed by atoms with Crippen molar-refractivity contribution in [2.75, 3.05) is 50.2 Å². The van der Waals surface area contributed by atoms with Crippen molar-refractivity contribution in [3.63, 3.8) is 0 Å². The number of rotatable bonds is 8. The molecule has 2 aromatic carbocycles. The number of ether oxygens (including phenoxy) is 1. The van der Waals surface area contributed by atoms with Gasteiger partial charge in [0.25, 0.3) is 0 Å². The molecule has 258 valence electrons. The van der Waals surface area contributed by atoms with E-state index in [2.05, 4.69) is 4.90 Å². The second kappa shape index (κ2) is 13.4. The summed E-state index contributed by atoms with van der Waals surface area (Å²) >= 11 is 6.45. The molecule has 1 amide bonds. The lowest BCUT2D eigenvalue weighted by Crippen LogP contribution is -2.44. The van der Waals surface area contributed by atoms with Crippen molar-refractivity contribution in [3.05, 3.63) is 63.7 Å². The van der Waals surface area contributed by atoms with Gasteiger partial charge >= 0.3 is 6.18 Å². The fourth-order valence-corrected chi connectivity index (χ4v) is 9.46. The van der Waals surface area contributed by atoms with Gasteiger partial charge in [-0.2, -0.15) is 13.2 Å². The topological polar surface area (TPSA) is 70.2 Å². The van der Waals surface area contributed by atoms with E-state index in [0.29, 0.717) is 78.0 Å². The van der Waals surface area contributed by atoms with Crippen LogP contribution in [0.1, 0.15) is 67.1 Å². The van der Waals surface area contributed by atoms with Crippen LogP contribution in [-0.2, 0) is 19.6 Å². The van der Waals surface area contributed by atoms with E-state index in [1.807, 2.05) is 0 Å². The lowest BCUT2D eigenvalue weighted by molar-refractivity contribution is -0.136. The summed E-state index contributed by atoms with van der Waals surface area (Å²) in [5, 5.41) is -0.527. The summed E-state index contributed by atoms with van der Waals surface area (Å²) in [6.45, 7) is 2.66. The van der Waals surface area contributed by atoms with E-state index >= 15 is 4.39 Å². The zero-order valence-electron chi connectivity index (χ0n) is 26.1. The monoisotopic (exact) mass is 703 g/mol. The maximum atomic E-state index is 15.1. The van der Waals surface area contributed by atoms with Crippen LogP contribution in [-0.4, -0.2) is 87.5 Å². The first-order valence-electron chi connectivity index (χ1n) is 16.2. The molecular formula is C33H39ClF5N3O4S. The van der Waals surface area contributed by atoms with E-state index in [0.717, 1.165) is 18.9 Å². The minimum atomic E-state index is -4.76. The zero-order valence-corrected chi connectivity index (χ0v) is 27.7. The zero-order chi connectivity index (χ0) is 33.7. The molecule has 14 heteroatoms. The summed E-state index contributed by atoms with van der Waals surface area (Å²) in [6.07, 6.45) is -1.77. The van der Waals surface area contributed by atoms with Crippen molar-refractivity contribution in [1.82, 2.24) is 9.80 Å². The fraction of sp³-hybridized carbons (Fsp3) is 0.606. The molecule has 3 heterocycles. The number of carbonyl (C=O) groups is 1. The molecule has 0 bridgehead atoms. The molecule has 6 rings (SSSR count). The lowest BCUT2D eigenvalue weighted by atomic mass is 9.85. The third kappa shape index (κ3) is 7.43. The van der Waals surface area contributed by atoms with E-state index < -0.39 is 51.5 Å². The van der Waals surface area contributed by atoms with Crippen LogP contribution in [0, 0.1) is 24.5 Å². The number of alkyl halides is 3. The van der Waals surface area contributed by atoms with Gasteiger partial charge in [0, 0.05) is 62.4 Å². The smallest absolute Gasteiger partial charge is 0.381 e. The summed E-state index contributed by atoms with van der Waals surface area (Å²) in [7, 11) is -4.25. The Morgan fingerprint density at radius 1 is 0.979 bits per heavy atom. The van der Waals surface area contributed by atoms with E-state index in [1.165, 1.54) is 18.2 Å². The molecule has 47 heavy (non-hydrogen) atoms. The van der Waals surface area contributed by atoms with Gasteiger partial charge in [-0.25, -0.2) is 17.2 Å². The number of nitrogens with zero attached hydrogens (tertiary/aromatic N) is 3. The number of anilines is 1. The summed E-state index contributed by atoms with van der Waals surface area (Å²) in [5.41, 5.74) is 1.16. The highest BCUT2D eigenvalue weighted by atomic mass is 35.5. The molecule has 0 radical (unpaired) electrons. The van der Waals surface area contributed by atoms with Gasteiger partial charge in [-0.15, -0.1) is 0 Å². The van der Waals surface area contributed by atoms with Crippen molar-refractivity contribution in [1.29, 1.82) is 0 Å². The molecule has 0 unspecified atom stereocenters. The van der Waals surface area contributed by atoms with Crippen LogP contribution in [0.4, 0.5) is 27.6 Å². The van der Waals surface area contributed by atoms with Gasteiger partial charge in [0.1, 0.15) is 18.2 Å². The van der Waals surface area contributed by atoms with Gasteiger partial charge in [0.05, 0.1) is 16.9 Å². The highest BCUT2D eigenvalue weighted by molar-refractivity contribution is 7.93. The second-order valence-electron chi connectivity index (χ2n) is 13.3. The number of benzene rings is 2. The lowest BCUT2D eigenvalue weighted by Gasteiger charge is -2.37. The summed E-state index contributed by atoms with van der Waals surface area (Å²) in [4.78, 5) is 18.0. The van der Waals surface area contributed by atoms with E-state index in [1.54, 1.807) is 17.9 Å². The Balaban J connectivity index is 1.23. The Morgan fingerprint density at radius 2 is 1.66 bits per heavy atom. The number of carbonyl (C=O) groups excluding carboxylic acids is 1. The number of hydrogen-bond acceptors (Lipinski definition) is 5. The van der Waals surface area contributed by atoms with Gasteiger partial charge in [-0.05, 0) is 86.3 Å². The molecule has 0 spiro atoms. The number of likely N-dealkylation sites (tertiary alicyclic amines) is 2. The van der Waals surface area contributed by atoms with Crippen molar-refractivity contribution >= 4 is 33.2 Å². The summed E-state index contributed by atoms with van der Waals surface area (Å²) in [6, 6.07) is 6.64. The Morgan fingerprint density at radius 3 is 2.28 bits per heavy atom. The van der Waals surface area contributed by atoms with Crippen molar-refractivity contribution in [2.45, 2.75) is 74.8 Å². The predicted molar refractivity (Wildman–Crippen MR) is 168 cm³/mol. The minimum absolute atomic E-state index is 0.0179. The van der Waals surface area contributed by atoms with Crippen molar-refractivity contribution in [3.8, 4) is 0 Å². The normalized spacial score (nSPS) is 23.8. The molecule has 2 aromatic rings. The molecule has 1 saturated carbocycles. The maximum absolute atomic E-state index is 15.1. The van der Waals surface area contributed by atoms with Gasteiger partial charge < -0.3 is 9.64 Å². The predicted octanol–water partition coefficient (Wildman–Crippen LogP) is 6.39. The van der Waals surface area contributed by atoms with Crippen LogP contribution in [0.5, 0.6) is 0 Å². The molecule has 4 fully saturated rings. The van der Waals surface area contributed by atoms with Gasteiger partial charge in [0.2, 0.25) is 15.9 Å². The quantitative estimate of drug-likeness (QED) is 0.298. The third-order valence-electron chi connectivity index (χ3n) is 10.1. The largest absolute Gasteiger partial charge is 0.407 e. The fourth-order valence-electron chi connectivity index (χ4n) is 7.44. The Labute approximate surface area is 277 Å². The highest BCUT2D eigenvalue weighted by Gasteiger charge is 2.47. The number of hydrogen-bond donors (Lipinski definition) is 0. The number of amides is 1. The Kier molecular flexibility index (Phi) is 9.83. The van der Waals surface area contributed by atoms with E-state index in [-0.39, 0.29) is 36.6 Å². The molecule has 3 aliphatic heterocycles. The van der Waals surface area contributed by atoms with Crippen LogP contribution < -0.4 is 4.31 Å². The summed E-state index contributed by atoms with van der Waals surface area (Å²) < 4.78 is 103. The molecule has 0 aromatic heterocycles. The van der Waals surface area contributed by atoms with Crippen LogP contribution in [0.25, 0.3) is 0 Å². The van der Waals surface area contributed by atoms with Crippen molar-refractivity contribution in [2.24, 2.45) is 5.92 Å². The number of sulfonamides is 1. The average molecular weight is 704 g/mol. The number of aryl methyl sites for hydroxylation is 1. The molecule has 4 aliphatic rings. The molecular weight excluding hydrogens is 665 g/mol. The van der Waals surface area contributed by atoms with Gasteiger partial charge in [-0.3, -0.25) is 14.0 Å². The van der Waals surface area contributed by atoms with Crippen LogP contribution in [0.15, 0.2) is 30.3 Å². The molecule has 3 saturated heterocycles. The average Bonchev–Trinajstić information content (AvgIpc) is 3.81. The van der Waals surface area contributed by atoms with Crippen LogP contribution in [0.2, 0.25) is 5.02 Å². The number of piperidine rings is 1. The molecule has 1 aliphatic carbocycles. The number of halogens is 6. The first kappa shape index (κ1) is 34.4. The second-order valence-corrected chi connectivity index (χ2v) is 15.8. The standard InChI is InChI=1S/C33H39ClF5N3O4S/c1-20-14-31(42(19-33(37,38)39)47(44,45)24-3-4-24)26(16-29(20)34)21-6-10-40(11-7-21)32(43)28-18-41(23-8-12-46-13-9-23)17-27(28)25-5-2-22(35)15-30(25)36/h2,5,14-16,21,23-24,27-28H,3-4,6-13,17-19H2,1H3/t27-,28+/m0/s1. The summed E-state index contributed by atoms with van der Waals surface area (Å²) in [5.74, 6) is -2.91. The first-order chi connectivity index (χ1) is 22.2. The minimum Gasteiger partial charge on any atom is -0.381 e. The van der Waals surface area contributed by atoms with E-state index in [4.69, 9.17) is 16.3 Å². The molecule has 0 N–H and O–H groups in total. The van der Waals surface area contributed by atoms with Crippen LogP contribution >= 0.6 is 11.6 Å². The van der Waals surface area contributed by atoms with E-state index in [9.17, 15) is 30.8 Å². The van der Waals surface area contributed by atoms with Crippen LogP contribution in [0.3, 0.4) is 0 Å².